The molecule has 0 unspecified atom stereocenters. The lowest BCUT2D eigenvalue weighted by Gasteiger charge is -2.13. The van der Waals surface area contributed by atoms with Crippen molar-refractivity contribution in [3.05, 3.63) is 119 Å². The molecule has 9 nitrogen and oxygen atoms in total. The van der Waals surface area contributed by atoms with Crippen LogP contribution in [0.2, 0.25) is 0 Å². The number of hydrazone groups is 1. The Kier molecular flexibility index (Phi) is 10.2. The largest absolute Gasteiger partial charge is 0.490 e. The third-order valence-corrected chi connectivity index (χ3v) is 7.39. The van der Waals surface area contributed by atoms with E-state index >= 15 is 0 Å². The smallest absolute Gasteiger partial charge is 0.271 e. The van der Waals surface area contributed by atoms with Crippen LogP contribution in [0.4, 0.5) is 16.5 Å². The molecule has 2 amide bonds. The number of carbonyl (C=O) groups excluding carboxylic acids is 2. The van der Waals surface area contributed by atoms with Crippen molar-refractivity contribution in [2.45, 2.75) is 20.8 Å². The molecule has 3 N–H and O–H groups in total. The van der Waals surface area contributed by atoms with Crippen LogP contribution >= 0.6 is 11.3 Å². The summed E-state index contributed by atoms with van der Waals surface area (Å²) in [5.74, 6) is 0.272. The molecule has 1 heterocycles. The van der Waals surface area contributed by atoms with E-state index in [9.17, 15) is 9.59 Å². The molecule has 0 aliphatic rings. The maximum absolute atomic E-state index is 12.7. The van der Waals surface area contributed by atoms with Crippen LogP contribution in [0.5, 0.6) is 11.5 Å². The van der Waals surface area contributed by atoms with Crippen molar-refractivity contribution < 1.29 is 19.1 Å². The number of hydrogen-bond donors (Lipinski definition) is 3. The number of thiazole rings is 1. The molecule has 5 rings (SSSR count). The molecule has 0 saturated heterocycles. The van der Waals surface area contributed by atoms with Crippen molar-refractivity contribution in [1.82, 2.24) is 10.4 Å². The average molecular weight is 620 g/mol. The number of rotatable bonds is 12. The van der Waals surface area contributed by atoms with Crippen LogP contribution in [0, 0.1) is 13.8 Å². The van der Waals surface area contributed by atoms with Gasteiger partial charge in [-0.25, -0.2) is 10.4 Å². The Balaban J connectivity index is 1.15. The van der Waals surface area contributed by atoms with Crippen molar-refractivity contribution in [3.8, 4) is 22.8 Å². The number of carbonyl (C=O) groups is 2. The van der Waals surface area contributed by atoms with Crippen LogP contribution in [0.3, 0.4) is 0 Å². The maximum atomic E-state index is 12.7. The minimum atomic E-state index is -0.345. The number of ether oxygens (including phenoxy) is 2. The van der Waals surface area contributed by atoms with Crippen molar-refractivity contribution >= 4 is 45.9 Å². The molecule has 4 aromatic carbocycles. The molecule has 0 atom stereocenters. The summed E-state index contributed by atoms with van der Waals surface area (Å²) in [6, 6.07) is 28.1. The lowest BCUT2D eigenvalue weighted by molar-refractivity contribution is -0.118. The molecule has 228 valence electrons. The number of anilines is 3. The van der Waals surface area contributed by atoms with Crippen LogP contribution in [0.25, 0.3) is 11.3 Å². The zero-order chi connectivity index (χ0) is 31.6. The molecule has 0 spiro atoms. The quantitative estimate of drug-likeness (QED) is 0.0994. The summed E-state index contributed by atoms with van der Waals surface area (Å²) in [6.45, 7) is 6.04. The van der Waals surface area contributed by atoms with Crippen LogP contribution in [0.15, 0.2) is 101 Å². The number of benzene rings is 4. The minimum Gasteiger partial charge on any atom is -0.490 e. The van der Waals surface area contributed by atoms with Crippen LogP contribution < -0.4 is 25.5 Å². The average Bonchev–Trinajstić information content (AvgIpc) is 3.51. The molecule has 0 aliphatic heterocycles. The Morgan fingerprint density at radius 1 is 0.911 bits per heavy atom. The fourth-order valence-electron chi connectivity index (χ4n) is 4.41. The summed E-state index contributed by atoms with van der Waals surface area (Å²) in [4.78, 5) is 29.8. The summed E-state index contributed by atoms with van der Waals surface area (Å²) < 4.78 is 11.5. The normalized spacial score (nSPS) is 10.8. The molecule has 1 aromatic heterocycles. The number of hydrogen-bond acceptors (Lipinski definition) is 8. The van der Waals surface area contributed by atoms with Gasteiger partial charge in [0, 0.05) is 27.9 Å². The summed E-state index contributed by atoms with van der Waals surface area (Å²) in [5.41, 5.74) is 9.25. The SMILES string of the molecule is CCOc1cc(/C=N/NC(=O)c2ccc(-c3csc(Nc4ccccc4)n3)cc2)ccc1OCC(=O)Nc1ccc(C)cc1C. The number of para-hydroxylation sites is 1. The fraction of sp³-hybridized carbons (Fsp3) is 0.143. The van der Waals surface area contributed by atoms with Gasteiger partial charge in [-0.2, -0.15) is 5.10 Å². The molecule has 0 bridgehead atoms. The topological polar surface area (TPSA) is 114 Å². The van der Waals surface area contributed by atoms with E-state index in [0.29, 0.717) is 29.2 Å². The lowest BCUT2D eigenvalue weighted by Crippen LogP contribution is -2.21. The number of aromatic nitrogens is 1. The lowest BCUT2D eigenvalue weighted by atomic mass is 10.1. The minimum absolute atomic E-state index is 0.177. The Hall–Kier alpha value is -5.48. The first-order chi connectivity index (χ1) is 21.9. The number of aryl methyl sites for hydroxylation is 2. The molecular weight excluding hydrogens is 586 g/mol. The van der Waals surface area contributed by atoms with Gasteiger partial charge in [0.25, 0.3) is 11.8 Å². The molecule has 45 heavy (non-hydrogen) atoms. The van der Waals surface area contributed by atoms with Crippen molar-refractivity contribution in [1.29, 1.82) is 0 Å². The van der Waals surface area contributed by atoms with Gasteiger partial charge in [-0.05, 0) is 80.4 Å². The molecule has 0 radical (unpaired) electrons. The van der Waals surface area contributed by atoms with E-state index in [1.54, 1.807) is 30.3 Å². The second-order valence-electron chi connectivity index (χ2n) is 10.1. The highest BCUT2D eigenvalue weighted by Crippen LogP contribution is 2.29. The second kappa shape index (κ2) is 14.8. The van der Waals surface area contributed by atoms with E-state index in [2.05, 4.69) is 26.1 Å². The Morgan fingerprint density at radius 3 is 2.47 bits per heavy atom. The molecule has 10 heteroatoms. The van der Waals surface area contributed by atoms with E-state index in [4.69, 9.17) is 9.47 Å². The molecule has 0 fully saturated rings. The molecule has 0 saturated carbocycles. The van der Waals surface area contributed by atoms with Gasteiger partial charge < -0.3 is 20.1 Å². The number of amides is 2. The Morgan fingerprint density at radius 2 is 1.71 bits per heavy atom. The van der Waals surface area contributed by atoms with Gasteiger partial charge in [0.2, 0.25) is 0 Å². The zero-order valence-corrected chi connectivity index (χ0v) is 26.0. The Bertz CT molecular complexity index is 1800. The third-order valence-electron chi connectivity index (χ3n) is 6.63. The van der Waals surface area contributed by atoms with E-state index < -0.39 is 0 Å². The monoisotopic (exact) mass is 619 g/mol. The van der Waals surface area contributed by atoms with Gasteiger partial charge in [-0.1, -0.05) is 48.0 Å². The molecule has 0 aliphatic carbocycles. The third kappa shape index (κ3) is 8.55. The standard InChI is InChI=1S/C35H33N5O4S/c1-4-43-32-19-25(11-17-31(32)44-21-33(41)38-29-16-10-23(2)18-24(29)3)20-36-40-34(42)27-14-12-26(13-15-27)30-22-45-35(39-30)37-28-8-6-5-7-9-28/h5-20,22H,4,21H2,1-3H3,(H,37,39)(H,38,41)(H,40,42)/b36-20+. The van der Waals surface area contributed by atoms with Crippen LogP contribution in [-0.2, 0) is 4.79 Å². The summed E-state index contributed by atoms with van der Waals surface area (Å²) >= 11 is 1.51. The van der Waals surface area contributed by atoms with Gasteiger partial charge in [0.15, 0.2) is 23.2 Å². The number of nitrogens with one attached hydrogen (secondary N) is 3. The first-order valence-electron chi connectivity index (χ1n) is 14.4. The summed E-state index contributed by atoms with van der Waals surface area (Å²) in [7, 11) is 0. The van der Waals surface area contributed by atoms with Gasteiger partial charge in [-0.3, -0.25) is 9.59 Å². The van der Waals surface area contributed by atoms with Crippen molar-refractivity contribution in [2.24, 2.45) is 5.10 Å². The van der Waals surface area contributed by atoms with Gasteiger partial charge in [-0.15, -0.1) is 11.3 Å². The predicted molar refractivity (Wildman–Crippen MR) is 180 cm³/mol. The van der Waals surface area contributed by atoms with E-state index in [-0.39, 0.29) is 18.4 Å². The second-order valence-corrected chi connectivity index (χ2v) is 11.0. The van der Waals surface area contributed by atoms with E-state index in [0.717, 1.165) is 38.9 Å². The van der Waals surface area contributed by atoms with Gasteiger partial charge in [0.05, 0.1) is 18.5 Å². The first-order valence-corrected chi connectivity index (χ1v) is 15.2. The first kappa shape index (κ1) is 31.0. The fourth-order valence-corrected chi connectivity index (χ4v) is 5.15. The highest BCUT2D eigenvalue weighted by atomic mass is 32.1. The number of nitrogens with zero attached hydrogens (tertiary/aromatic N) is 2. The van der Waals surface area contributed by atoms with Crippen LogP contribution in [0.1, 0.15) is 34.0 Å². The van der Waals surface area contributed by atoms with Gasteiger partial charge in [0.1, 0.15) is 0 Å². The predicted octanol–water partition coefficient (Wildman–Crippen LogP) is 7.35. The Labute approximate surface area is 266 Å². The van der Waals surface area contributed by atoms with Crippen LogP contribution in [-0.4, -0.2) is 36.2 Å². The highest BCUT2D eigenvalue weighted by molar-refractivity contribution is 7.14. The molecule has 5 aromatic rings. The highest BCUT2D eigenvalue weighted by Gasteiger charge is 2.11. The zero-order valence-electron chi connectivity index (χ0n) is 25.2. The van der Waals surface area contributed by atoms with Gasteiger partial charge >= 0.3 is 0 Å². The summed E-state index contributed by atoms with van der Waals surface area (Å²) in [6.07, 6.45) is 1.52. The van der Waals surface area contributed by atoms with E-state index in [1.165, 1.54) is 17.6 Å². The van der Waals surface area contributed by atoms with Crippen molar-refractivity contribution in [2.75, 3.05) is 23.8 Å². The summed E-state index contributed by atoms with van der Waals surface area (Å²) in [5, 5.41) is 13.0. The maximum Gasteiger partial charge on any atom is 0.271 e. The van der Waals surface area contributed by atoms with Crippen molar-refractivity contribution in [3.63, 3.8) is 0 Å². The molecular formula is C35H33N5O4S. The van der Waals surface area contributed by atoms with E-state index in [1.807, 2.05) is 86.8 Å².